The smallest absolute Gasteiger partial charge is 0.264 e. The molecule has 0 bridgehead atoms. The standard InChI is InChI=1S/C18H17Cl2N3O4S2/c1-3-23(2)29(25,26)12-5-6-14-16(9-12)28-18(21-14)22-17(24)10-27-15-7-4-11(19)8-13(15)20/h4-9H,3,10H2,1-2H3,(H,21,22,24). The van der Waals surface area contributed by atoms with Gasteiger partial charge in [-0.25, -0.2) is 17.7 Å². The molecular weight excluding hydrogens is 457 g/mol. The fraction of sp³-hybridized carbons (Fsp3) is 0.222. The molecule has 0 radical (unpaired) electrons. The van der Waals surface area contributed by atoms with Crippen molar-refractivity contribution in [3.8, 4) is 5.75 Å². The van der Waals surface area contributed by atoms with Crippen LogP contribution in [0.3, 0.4) is 0 Å². The van der Waals surface area contributed by atoms with E-state index in [1.807, 2.05) is 0 Å². The van der Waals surface area contributed by atoms with Crippen LogP contribution in [-0.2, 0) is 14.8 Å². The first-order valence-corrected chi connectivity index (χ1v) is 11.5. The average Bonchev–Trinajstić information content (AvgIpc) is 3.07. The second-order valence-corrected chi connectivity index (χ2v) is 9.90. The van der Waals surface area contributed by atoms with Crippen LogP contribution in [0.15, 0.2) is 41.3 Å². The third kappa shape index (κ3) is 4.99. The van der Waals surface area contributed by atoms with E-state index in [-0.39, 0.29) is 11.5 Å². The van der Waals surface area contributed by atoms with Gasteiger partial charge in [-0.15, -0.1) is 0 Å². The molecule has 0 saturated heterocycles. The predicted molar refractivity (Wildman–Crippen MR) is 116 cm³/mol. The highest BCUT2D eigenvalue weighted by Crippen LogP contribution is 2.30. The van der Waals surface area contributed by atoms with Crippen LogP contribution >= 0.6 is 34.5 Å². The van der Waals surface area contributed by atoms with Gasteiger partial charge in [0, 0.05) is 18.6 Å². The Labute approximate surface area is 182 Å². The molecule has 11 heteroatoms. The summed E-state index contributed by atoms with van der Waals surface area (Å²) in [5.41, 5.74) is 0.588. The highest BCUT2D eigenvalue weighted by atomic mass is 35.5. The van der Waals surface area contributed by atoms with Crippen molar-refractivity contribution in [3.05, 3.63) is 46.4 Å². The van der Waals surface area contributed by atoms with Crippen LogP contribution < -0.4 is 10.1 Å². The van der Waals surface area contributed by atoms with Crippen molar-refractivity contribution in [2.45, 2.75) is 11.8 Å². The van der Waals surface area contributed by atoms with Gasteiger partial charge in [-0.3, -0.25) is 10.1 Å². The van der Waals surface area contributed by atoms with Gasteiger partial charge in [0.1, 0.15) is 5.75 Å². The Morgan fingerprint density at radius 3 is 2.69 bits per heavy atom. The Balaban J connectivity index is 1.71. The van der Waals surface area contributed by atoms with Crippen LogP contribution in [0, 0.1) is 0 Å². The SMILES string of the molecule is CCN(C)S(=O)(=O)c1ccc2nc(NC(=O)COc3ccc(Cl)cc3Cl)sc2c1. The summed E-state index contributed by atoms with van der Waals surface area (Å²) in [6.45, 7) is 1.86. The summed E-state index contributed by atoms with van der Waals surface area (Å²) in [5.74, 6) is -0.0842. The summed E-state index contributed by atoms with van der Waals surface area (Å²) in [6.07, 6.45) is 0. The number of fused-ring (bicyclic) bond motifs is 1. The second-order valence-electron chi connectivity index (χ2n) is 5.98. The minimum absolute atomic E-state index is 0.177. The molecule has 1 amide bonds. The number of aromatic nitrogens is 1. The van der Waals surface area contributed by atoms with Crippen LogP contribution in [0.25, 0.3) is 10.2 Å². The Morgan fingerprint density at radius 2 is 2.00 bits per heavy atom. The van der Waals surface area contributed by atoms with Gasteiger partial charge in [0.05, 0.1) is 20.1 Å². The molecule has 0 atom stereocenters. The predicted octanol–water partition coefficient (Wildman–Crippen LogP) is 4.26. The number of carbonyl (C=O) groups is 1. The molecule has 0 fully saturated rings. The van der Waals surface area contributed by atoms with E-state index < -0.39 is 15.9 Å². The lowest BCUT2D eigenvalue weighted by Crippen LogP contribution is -2.26. The van der Waals surface area contributed by atoms with Crippen molar-refractivity contribution in [2.75, 3.05) is 25.5 Å². The fourth-order valence-corrected chi connectivity index (χ4v) is 5.03. The highest BCUT2D eigenvalue weighted by Gasteiger charge is 2.20. The van der Waals surface area contributed by atoms with E-state index >= 15 is 0 Å². The number of carbonyl (C=O) groups excluding carboxylic acids is 1. The van der Waals surface area contributed by atoms with Crippen molar-refractivity contribution >= 4 is 65.8 Å². The molecule has 1 heterocycles. The Morgan fingerprint density at radius 1 is 1.24 bits per heavy atom. The molecule has 154 valence electrons. The number of anilines is 1. The highest BCUT2D eigenvalue weighted by molar-refractivity contribution is 7.89. The van der Waals surface area contributed by atoms with Gasteiger partial charge in [0.25, 0.3) is 5.91 Å². The number of sulfonamides is 1. The average molecular weight is 474 g/mol. The molecule has 29 heavy (non-hydrogen) atoms. The van der Waals surface area contributed by atoms with E-state index in [0.29, 0.717) is 37.7 Å². The number of benzene rings is 2. The molecule has 0 saturated carbocycles. The largest absolute Gasteiger partial charge is 0.482 e. The number of rotatable bonds is 7. The number of halogens is 2. The number of hydrogen-bond donors (Lipinski definition) is 1. The van der Waals surface area contributed by atoms with Crippen LogP contribution in [0.5, 0.6) is 5.75 Å². The molecule has 2 aromatic carbocycles. The molecule has 1 N–H and O–H groups in total. The summed E-state index contributed by atoms with van der Waals surface area (Å²) in [7, 11) is -2.04. The molecule has 3 rings (SSSR count). The van der Waals surface area contributed by atoms with Crippen molar-refractivity contribution < 1.29 is 17.9 Å². The van der Waals surface area contributed by atoms with Crippen molar-refractivity contribution in [1.29, 1.82) is 0 Å². The zero-order valence-corrected chi connectivity index (χ0v) is 18.6. The van der Waals surface area contributed by atoms with E-state index in [4.69, 9.17) is 27.9 Å². The topological polar surface area (TPSA) is 88.6 Å². The van der Waals surface area contributed by atoms with Gasteiger partial charge in [-0.2, -0.15) is 0 Å². The third-order valence-corrected chi connectivity index (χ3v) is 7.41. The Hall–Kier alpha value is -1.91. The van der Waals surface area contributed by atoms with Crippen LogP contribution in [-0.4, -0.2) is 43.8 Å². The lowest BCUT2D eigenvalue weighted by molar-refractivity contribution is -0.118. The molecule has 0 aliphatic carbocycles. The first-order valence-electron chi connectivity index (χ1n) is 8.45. The first kappa shape index (κ1) is 21.8. The number of nitrogens with one attached hydrogen (secondary N) is 1. The lowest BCUT2D eigenvalue weighted by Gasteiger charge is -2.14. The van der Waals surface area contributed by atoms with Gasteiger partial charge in [0.2, 0.25) is 10.0 Å². The molecular formula is C18H17Cl2N3O4S2. The summed E-state index contributed by atoms with van der Waals surface area (Å²) in [6, 6.07) is 9.36. The molecule has 7 nitrogen and oxygen atoms in total. The summed E-state index contributed by atoms with van der Waals surface area (Å²) in [4.78, 5) is 16.6. The van der Waals surface area contributed by atoms with E-state index in [2.05, 4.69) is 10.3 Å². The fourth-order valence-electron chi connectivity index (χ4n) is 2.36. The van der Waals surface area contributed by atoms with E-state index in [9.17, 15) is 13.2 Å². The lowest BCUT2D eigenvalue weighted by atomic mass is 10.3. The van der Waals surface area contributed by atoms with Gasteiger partial charge in [-0.05, 0) is 36.4 Å². The van der Waals surface area contributed by atoms with Crippen molar-refractivity contribution in [1.82, 2.24) is 9.29 Å². The Kier molecular flexibility index (Phi) is 6.65. The van der Waals surface area contributed by atoms with E-state index in [1.54, 1.807) is 31.2 Å². The molecule has 0 aliphatic heterocycles. The first-order chi connectivity index (χ1) is 13.7. The molecule has 0 unspecified atom stereocenters. The maximum absolute atomic E-state index is 12.5. The number of amides is 1. The van der Waals surface area contributed by atoms with Gasteiger partial charge in [0.15, 0.2) is 11.7 Å². The zero-order chi connectivity index (χ0) is 21.2. The van der Waals surface area contributed by atoms with Gasteiger partial charge in [-0.1, -0.05) is 41.5 Å². The minimum Gasteiger partial charge on any atom is -0.482 e. The number of thiazole rings is 1. The van der Waals surface area contributed by atoms with Crippen LogP contribution in [0.4, 0.5) is 5.13 Å². The van der Waals surface area contributed by atoms with E-state index in [1.165, 1.54) is 34.8 Å². The third-order valence-electron chi connectivity index (χ3n) is 4.01. The van der Waals surface area contributed by atoms with Gasteiger partial charge >= 0.3 is 0 Å². The second kappa shape index (κ2) is 8.85. The molecule has 0 aliphatic rings. The number of hydrogen-bond acceptors (Lipinski definition) is 6. The quantitative estimate of drug-likeness (QED) is 0.553. The van der Waals surface area contributed by atoms with Crippen LogP contribution in [0.2, 0.25) is 10.0 Å². The van der Waals surface area contributed by atoms with E-state index in [0.717, 1.165) is 0 Å². The van der Waals surface area contributed by atoms with Gasteiger partial charge < -0.3 is 4.74 Å². The number of ether oxygens (including phenoxy) is 1. The van der Waals surface area contributed by atoms with Crippen molar-refractivity contribution in [2.24, 2.45) is 0 Å². The molecule has 3 aromatic rings. The zero-order valence-electron chi connectivity index (χ0n) is 15.5. The Bertz CT molecular complexity index is 1170. The van der Waals surface area contributed by atoms with Crippen molar-refractivity contribution in [3.63, 3.8) is 0 Å². The minimum atomic E-state index is -3.56. The molecule has 0 spiro atoms. The van der Waals surface area contributed by atoms with Crippen LogP contribution in [0.1, 0.15) is 6.92 Å². The monoisotopic (exact) mass is 473 g/mol. The normalized spacial score (nSPS) is 11.8. The maximum Gasteiger partial charge on any atom is 0.264 e. The summed E-state index contributed by atoms with van der Waals surface area (Å²) in [5, 5.41) is 3.75. The maximum atomic E-state index is 12.5. The summed E-state index contributed by atoms with van der Waals surface area (Å²) >= 11 is 13.0. The molecule has 1 aromatic heterocycles. The number of nitrogens with zero attached hydrogens (tertiary/aromatic N) is 2. The summed E-state index contributed by atoms with van der Waals surface area (Å²) < 4.78 is 32.2.